The monoisotopic (exact) mass is 364 g/mol. The fourth-order valence-electron chi connectivity index (χ4n) is 1.99. The highest BCUT2D eigenvalue weighted by molar-refractivity contribution is 7.89. The van der Waals surface area contributed by atoms with Gasteiger partial charge in [-0.1, -0.05) is 35.9 Å². The standard InChI is InChI=1S/C17H17ClN2O3S/c1-2-23-12-14-5-3-13(4-6-14)11-20-24(21,22)16-8-7-15(10-19)17(18)9-16/h3-9,20H,2,11-12H2,1H3. The summed E-state index contributed by atoms with van der Waals surface area (Å²) in [6.45, 7) is 3.27. The van der Waals surface area contributed by atoms with Crippen molar-refractivity contribution in [3.63, 3.8) is 0 Å². The number of nitrogens with one attached hydrogen (secondary N) is 1. The molecule has 0 aliphatic rings. The van der Waals surface area contributed by atoms with Crippen molar-refractivity contribution in [2.24, 2.45) is 0 Å². The molecule has 0 saturated heterocycles. The normalized spacial score (nSPS) is 11.2. The van der Waals surface area contributed by atoms with Crippen LogP contribution in [0.2, 0.25) is 5.02 Å². The molecule has 5 nitrogen and oxygen atoms in total. The van der Waals surface area contributed by atoms with E-state index in [0.29, 0.717) is 13.2 Å². The second-order valence-corrected chi connectivity index (χ2v) is 7.21. The van der Waals surface area contributed by atoms with Gasteiger partial charge < -0.3 is 4.74 Å². The molecule has 1 N–H and O–H groups in total. The summed E-state index contributed by atoms with van der Waals surface area (Å²) in [5.41, 5.74) is 2.10. The van der Waals surface area contributed by atoms with Gasteiger partial charge in [0.05, 0.1) is 22.1 Å². The van der Waals surface area contributed by atoms with Gasteiger partial charge in [-0.2, -0.15) is 5.26 Å². The number of ether oxygens (including phenoxy) is 1. The second kappa shape index (κ2) is 8.27. The zero-order valence-electron chi connectivity index (χ0n) is 13.1. The van der Waals surface area contributed by atoms with E-state index in [9.17, 15) is 8.42 Å². The van der Waals surface area contributed by atoms with Crippen LogP contribution in [0.5, 0.6) is 0 Å². The molecule has 2 rings (SSSR count). The highest BCUT2D eigenvalue weighted by Gasteiger charge is 2.15. The Kier molecular flexibility index (Phi) is 6.35. The van der Waals surface area contributed by atoms with E-state index in [4.69, 9.17) is 21.6 Å². The first-order valence-corrected chi connectivity index (χ1v) is 9.17. The summed E-state index contributed by atoms with van der Waals surface area (Å²) < 4.78 is 32.4. The van der Waals surface area contributed by atoms with Gasteiger partial charge in [0.1, 0.15) is 6.07 Å². The maximum absolute atomic E-state index is 12.3. The van der Waals surface area contributed by atoms with Crippen molar-refractivity contribution in [1.29, 1.82) is 5.26 Å². The van der Waals surface area contributed by atoms with Crippen LogP contribution in [0.15, 0.2) is 47.4 Å². The summed E-state index contributed by atoms with van der Waals surface area (Å²) in [4.78, 5) is 0.0273. The summed E-state index contributed by atoms with van der Waals surface area (Å²) >= 11 is 5.89. The number of nitriles is 1. The van der Waals surface area contributed by atoms with E-state index in [2.05, 4.69) is 4.72 Å². The van der Waals surface area contributed by atoms with E-state index >= 15 is 0 Å². The predicted octanol–water partition coefficient (Wildman–Crippen LogP) is 3.23. The van der Waals surface area contributed by atoms with E-state index in [1.165, 1.54) is 18.2 Å². The molecule has 0 aromatic heterocycles. The van der Waals surface area contributed by atoms with Crippen molar-refractivity contribution in [2.45, 2.75) is 25.0 Å². The first kappa shape index (κ1) is 18.4. The number of hydrogen-bond donors (Lipinski definition) is 1. The Labute approximate surface area is 146 Å². The highest BCUT2D eigenvalue weighted by atomic mass is 35.5. The molecule has 0 unspecified atom stereocenters. The van der Waals surface area contributed by atoms with E-state index in [0.717, 1.165) is 11.1 Å². The van der Waals surface area contributed by atoms with Crippen LogP contribution in [0.4, 0.5) is 0 Å². The van der Waals surface area contributed by atoms with Gasteiger partial charge >= 0.3 is 0 Å². The molecule has 0 atom stereocenters. The predicted molar refractivity (Wildman–Crippen MR) is 92.0 cm³/mol. The minimum atomic E-state index is -3.70. The molecular weight excluding hydrogens is 348 g/mol. The second-order valence-electron chi connectivity index (χ2n) is 5.03. The molecule has 2 aromatic rings. The molecule has 0 aliphatic carbocycles. The molecule has 7 heteroatoms. The maximum Gasteiger partial charge on any atom is 0.240 e. The number of hydrogen-bond acceptors (Lipinski definition) is 4. The van der Waals surface area contributed by atoms with Crippen molar-refractivity contribution in [3.8, 4) is 6.07 Å². The zero-order chi connectivity index (χ0) is 17.6. The molecule has 0 fully saturated rings. The van der Waals surface area contributed by atoms with Crippen LogP contribution in [-0.2, 0) is 27.9 Å². The summed E-state index contributed by atoms with van der Waals surface area (Å²) in [7, 11) is -3.70. The molecule has 126 valence electrons. The molecule has 24 heavy (non-hydrogen) atoms. The van der Waals surface area contributed by atoms with Crippen molar-refractivity contribution in [2.75, 3.05) is 6.61 Å². The molecule has 2 aromatic carbocycles. The van der Waals surface area contributed by atoms with Gasteiger partial charge in [0.15, 0.2) is 0 Å². The third kappa shape index (κ3) is 4.79. The number of nitrogens with zero attached hydrogens (tertiary/aromatic N) is 1. The molecule has 0 heterocycles. The van der Waals surface area contributed by atoms with Gasteiger partial charge in [0.25, 0.3) is 0 Å². The van der Waals surface area contributed by atoms with E-state index in [1.807, 2.05) is 37.3 Å². The van der Waals surface area contributed by atoms with Crippen LogP contribution in [0.3, 0.4) is 0 Å². The average Bonchev–Trinajstić information content (AvgIpc) is 2.59. The summed E-state index contributed by atoms with van der Waals surface area (Å²) in [6.07, 6.45) is 0. The van der Waals surface area contributed by atoms with E-state index < -0.39 is 10.0 Å². The fraction of sp³-hybridized carbons (Fsp3) is 0.235. The van der Waals surface area contributed by atoms with Gasteiger partial charge in [0, 0.05) is 13.2 Å². The molecule has 0 radical (unpaired) electrons. The molecule has 0 aliphatic heterocycles. The Balaban J connectivity index is 2.05. The van der Waals surface area contributed by atoms with Crippen molar-refractivity contribution in [3.05, 3.63) is 64.2 Å². The van der Waals surface area contributed by atoms with Gasteiger partial charge in [0.2, 0.25) is 10.0 Å². The Morgan fingerprint density at radius 3 is 2.42 bits per heavy atom. The summed E-state index contributed by atoms with van der Waals surface area (Å²) in [5, 5.41) is 8.94. The quantitative estimate of drug-likeness (QED) is 0.818. The van der Waals surface area contributed by atoms with Gasteiger partial charge in [-0.25, -0.2) is 13.1 Å². The molecular formula is C17H17ClN2O3S. The average molecular weight is 365 g/mol. The summed E-state index contributed by atoms with van der Waals surface area (Å²) in [5.74, 6) is 0. The van der Waals surface area contributed by atoms with Crippen LogP contribution < -0.4 is 4.72 Å². The largest absolute Gasteiger partial charge is 0.377 e. The lowest BCUT2D eigenvalue weighted by Crippen LogP contribution is -2.23. The van der Waals surface area contributed by atoms with Crippen molar-refractivity contribution < 1.29 is 13.2 Å². The molecule has 0 saturated carbocycles. The van der Waals surface area contributed by atoms with Crippen LogP contribution >= 0.6 is 11.6 Å². The van der Waals surface area contributed by atoms with Gasteiger partial charge in [-0.3, -0.25) is 0 Å². The van der Waals surface area contributed by atoms with E-state index in [1.54, 1.807) is 0 Å². The van der Waals surface area contributed by atoms with Crippen molar-refractivity contribution >= 4 is 21.6 Å². The minimum Gasteiger partial charge on any atom is -0.377 e. The Bertz CT molecular complexity index is 843. The topological polar surface area (TPSA) is 79.2 Å². The number of halogens is 1. The minimum absolute atomic E-state index is 0.0273. The first-order chi connectivity index (χ1) is 11.5. The third-order valence-electron chi connectivity index (χ3n) is 3.33. The number of rotatable bonds is 7. The van der Waals surface area contributed by atoms with Crippen molar-refractivity contribution in [1.82, 2.24) is 4.72 Å². The van der Waals surface area contributed by atoms with Gasteiger partial charge in [-0.05, 0) is 36.2 Å². The zero-order valence-corrected chi connectivity index (χ0v) is 14.7. The SMILES string of the molecule is CCOCc1ccc(CNS(=O)(=O)c2ccc(C#N)c(Cl)c2)cc1. The highest BCUT2D eigenvalue weighted by Crippen LogP contribution is 2.20. The Morgan fingerprint density at radius 2 is 1.83 bits per heavy atom. The first-order valence-electron chi connectivity index (χ1n) is 7.31. The van der Waals surface area contributed by atoms with Crippen LogP contribution in [0.25, 0.3) is 0 Å². The van der Waals surface area contributed by atoms with Crippen LogP contribution in [-0.4, -0.2) is 15.0 Å². The smallest absolute Gasteiger partial charge is 0.240 e. The summed E-state index contributed by atoms with van der Waals surface area (Å²) in [6, 6.07) is 13.4. The third-order valence-corrected chi connectivity index (χ3v) is 5.05. The Morgan fingerprint density at radius 1 is 1.17 bits per heavy atom. The number of sulfonamides is 1. The molecule has 0 amide bonds. The lowest BCUT2D eigenvalue weighted by atomic mass is 10.1. The molecule has 0 spiro atoms. The lowest BCUT2D eigenvalue weighted by Gasteiger charge is -2.08. The Hall–Kier alpha value is -1.91. The lowest BCUT2D eigenvalue weighted by molar-refractivity contribution is 0.134. The van der Waals surface area contributed by atoms with Gasteiger partial charge in [-0.15, -0.1) is 0 Å². The maximum atomic E-state index is 12.3. The van der Waals surface area contributed by atoms with Crippen LogP contribution in [0.1, 0.15) is 23.6 Å². The fourth-order valence-corrected chi connectivity index (χ4v) is 3.32. The number of benzene rings is 2. The molecule has 0 bridgehead atoms. The van der Waals surface area contributed by atoms with Crippen LogP contribution in [0, 0.1) is 11.3 Å². The van der Waals surface area contributed by atoms with E-state index in [-0.39, 0.29) is 22.0 Å².